The van der Waals surface area contributed by atoms with Crippen molar-refractivity contribution in [1.82, 2.24) is 30.4 Å². The average molecular weight is 559 g/mol. The van der Waals surface area contributed by atoms with E-state index < -0.39 is 6.04 Å². The molecule has 12 nitrogen and oxygen atoms in total. The molecule has 1 unspecified atom stereocenters. The second-order valence-electron chi connectivity index (χ2n) is 9.99. The smallest absolute Gasteiger partial charge is 0.250 e. The van der Waals surface area contributed by atoms with Crippen LogP contribution in [0.15, 0.2) is 65.3 Å². The molecule has 1 N–H and O–H groups in total. The topological polar surface area (TPSA) is 134 Å². The second kappa shape index (κ2) is 11.7. The van der Waals surface area contributed by atoms with E-state index in [0.717, 1.165) is 36.8 Å². The number of aromatic nitrogens is 4. The van der Waals surface area contributed by atoms with Gasteiger partial charge in [-0.25, -0.2) is 0 Å². The van der Waals surface area contributed by atoms with Crippen LogP contribution in [0.2, 0.25) is 0 Å². The van der Waals surface area contributed by atoms with Gasteiger partial charge in [0.2, 0.25) is 18.5 Å². The zero-order valence-corrected chi connectivity index (χ0v) is 22.6. The molecular weight excluding hydrogens is 528 g/mol. The van der Waals surface area contributed by atoms with E-state index >= 15 is 0 Å². The standard InChI is InChI=1S/C29H30N6O6/c1-38-22-11-9-20(10-12-22)28-31-33-35(32-28)17-26(36)34(16-19-8-13-23-25(15-19)41-18-40-23)27(24-7-4-14-39-24)29(37)30-21-5-2-3-6-21/h4,7-15,21,27H,2-3,5-6,16-18H2,1H3,(H,30,37). The molecule has 0 spiro atoms. The maximum absolute atomic E-state index is 14.0. The van der Waals surface area contributed by atoms with Gasteiger partial charge in [0.15, 0.2) is 17.5 Å². The van der Waals surface area contributed by atoms with Crippen LogP contribution in [0.25, 0.3) is 11.4 Å². The van der Waals surface area contributed by atoms with Crippen LogP contribution < -0.4 is 19.5 Å². The third-order valence-corrected chi connectivity index (χ3v) is 7.26. The highest BCUT2D eigenvalue weighted by Crippen LogP contribution is 2.34. The molecule has 6 rings (SSSR count). The van der Waals surface area contributed by atoms with E-state index in [1.807, 2.05) is 24.3 Å². The first-order chi connectivity index (χ1) is 20.1. The Balaban J connectivity index is 1.29. The third-order valence-electron chi connectivity index (χ3n) is 7.26. The summed E-state index contributed by atoms with van der Waals surface area (Å²) in [4.78, 5) is 30.4. The first kappa shape index (κ1) is 26.4. The van der Waals surface area contributed by atoms with E-state index in [1.165, 1.54) is 16.0 Å². The molecule has 212 valence electrons. The second-order valence-corrected chi connectivity index (χ2v) is 9.99. The summed E-state index contributed by atoms with van der Waals surface area (Å²) >= 11 is 0. The van der Waals surface area contributed by atoms with Crippen LogP contribution >= 0.6 is 0 Å². The Kier molecular flexibility index (Phi) is 7.52. The van der Waals surface area contributed by atoms with Gasteiger partial charge in [-0.2, -0.15) is 4.80 Å². The molecule has 2 aromatic heterocycles. The largest absolute Gasteiger partial charge is 0.497 e. The first-order valence-electron chi connectivity index (χ1n) is 13.5. The van der Waals surface area contributed by atoms with Crippen LogP contribution in [-0.4, -0.2) is 56.9 Å². The minimum Gasteiger partial charge on any atom is -0.497 e. The lowest BCUT2D eigenvalue weighted by molar-refractivity contribution is -0.143. The fourth-order valence-electron chi connectivity index (χ4n) is 5.16. The normalized spacial score (nSPS) is 15.0. The highest BCUT2D eigenvalue weighted by Gasteiger charge is 2.35. The van der Waals surface area contributed by atoms with Crippen LogP contribution in [0, 0.1) is 0 Å². The highest BCUT2D eigenvalue weighted by atomic mass is 16.7. The number of furan rings is 1. The molecule has 2 aliphatic rings. The molecule has 1 aliphatic heterocycles. The maximum Gasteiger partial charge on any atom is 0.250 e. The number of carbonyl (C=O) groups excluding carboxylic acids is 2. The van der Waals surface area contributed by atoms with E-state index in [4.69, 9.17) is 18.6 Å². The van der Waals surface area contributed by atoms with Crippen molar-refractivity contribution in [1.29, 1.82) is 0 Å². The number of tetrazole rings is 1. The molecule has 41 heavy (non-hydrogen) atoms. The van der Waals surface area contributed by atoms with Gasteiger partial charge in [0.1, 0.15) is 18.1 Å². The zero-order chi connectivity index (χ0) is 28.2. The van der Waals surface area contributed by atoms with Crippen LogP contribution in [0.4, 0.5) is 0 Å². The predicted molar refractivity (Wildman–Crippen MR) is 145 cm³/mol. The Morgan fingerprint density at radius 2 is 1.90 bits per heavy atom. The number of amides is 2. The molecule has 2 amide bonds. The summed E-state index contributed by atoms with van der Waals surface area (Å²) in [6, 6.07) is 15.1. The fraction of sp³-hybridized carbons (Fsp3) is 0.345. The monoisotopic (exact) mass is 558 g/mol. The van der Waals surface area contributed by atoms with E-state index in [9.17, 15) is 9.59 Å². The quantitative estimate of drug-likeness (QED) is 0.310. The van der Waals surface area contributed by atoms with Crippen molar-refractivity contribution in [2.75, 3.05) is 13.9 Å². The third kappa shape index (κ3) is 5.86. The van der Waals surface area contributed by atoms with Crippen molar-refractivity contribution in [3.8, 4) is 28.6 Å². The summed E-state index contributed by atoms with van der Waals surface area (Å²) in [7, 11) is 1.59. The van der Waals surface area contributed by atoms with Gasteiger partial charge in [0.25, 0.3) is 5.91 Å². The SMILES string of the molecule is COc1ccc(-c2nnn(CC(=O)N(Cc3ccc4c(c3)OCO4)C(C(=O)NC3CCCC3)c3ccco3)n2)cc1. The molecule has 3 heterocycles. The van der Waals surface area contributed by atoms with Crippen LogP contribution in [0.1, 0.15) is 43.0 Å². The highest BCUT2D eigenvalue weighted by molar-refractivity contribution is 5.88. The number of hydrogen-bond acceptors (Lipinski definition) is 9. The Bertz CT molecular complexity index is 1500. The molecule has 1 atom stereocenters. The fourth-order valence-corrected chi connectivity index (χ4v) is 5.16. The Hall–Kier alpha value is -4.87. The average Bonchev–Trinajstić information content (AvgIpc) is 3.81. The molecule has 1 aliphatic carbocycles. The van der Waals surface area contributed by atoms with E-state index in [0.29, 0.717) is 28.8 Å². The van der Waals surface area contributed by atoms with Gasteiger partial charge < -0.3 is 28.8 Å². The molecule has 4 aromatic rings. The molecule has 0 radical (unpaired) electrons. The van der Waals surface area contributed by atoms with Crippen molar-refractivity contribution in [3.63, 3.8) is 0 Å². The summed E-state index contributed by atoms with van der Waals surface area (Å²) < 4.78 is 21.9. The first-order valence-corrected chi connectivity index (χ1v) is 13.5. The van der Waals surface area contributed by atoms with Gasteiger partial charge in [0.05, 0.1) is 13.4 Å². The van der Waals surface area contributed by atoms with Gasteiger partial charge in [0, 0.05) is 18.2 Å². The number of methoxy groups -OCH3 is 1. The number of carbonyl (C=O) groups is 2. The van der Waals surface area contributed by atoms with Crippen molar-refractivity contribution in [3.05, 3.63) is 72.2 Å². The lowest BCUT2D eigenvalue weighted by Crippen LogP contribution is -2.46. The summed E-state index contributed by atoms with van der Waals surface area (Å²) in [6.07, 6.45) is 5.43. The van der Waals surface area contributed by atoms with Crippen LogP contribution in [0.5, 0.6) is 17.2 Å². The number of ether oxygens (including phenoxy) is 3. The number of nitrogens with zero attached hydrogens (tertiary/aromatic N) is 5. The van der Waals surface area contributed by atoms with Crippen LogP contribution in [0.3, 0.4) is 0 Å². The van der Waals surface area contributed by atoms with Gasteiger partial charge >= 0.3 is 0 Å². The Morgan fingerprint density at radius 1 is 1.10 bits per heavy atom. The summed E-state index contributed by atoms with van der Waals surface area (Å²) in [5.74, 6) is 1.96. The summed E-state index contributed by atoms with van der Waals surface area (Å²) in [5.41, 5.74) is 1.49. The van der Waals surface area contributed by atoms with E-state index in [1.54, 1.807) is 37.4 Å². The molecule has 0 saturated heterocycles. The van der Waals surface area contributed by atoms with E-state index in [-0.39, 0.29) is 37.7 Å². The number of hydrogen-bond donors (Lipinski definition) is 1. The predicted octanol–water partition coefficient (Wildman–Crippen LogP) is 3.50. The minimum absolute atomic E-state index is 0.0616. The van der Waals surface area contributed by atoms with Gasteiger partial charge in [-0.3, -0.25) is 9.59 Å². The van der Waals surface area contributed by atoms with E-state index in [2.05, 4.69) is 20.7 Å². The van der Waals surface area contributed by atoms with Crippen molar-refractivity contribution in [2.24, 2.45) is 0 Å². The van der Waals surface area contributed by atoms with Gasteiger partial charge in [-0.15, -0.1) is 10.2 Å². The molecule has 1 saturated carbocycles. The number of benzene rings is 2. The molecule has 2 aromatic carbocycles. The lowest BCUT2D eigenvalue weighted by Gasteiger charge is -2.30. The molecule has 12 heteroatoms. The van der Waals surface area contributed by atoms with Crippen molar-refractivity contribution in [2.45, 2.75) is 50.9 Å². The summed E-state index contributed by atoms with van der Waals surface area (Å²) in [6.45, 7) is 0.00925. The Labute approximate surface area is 236 Å². The molecule has 0 bridgehead atoms. The van der Waals surface area contributed by atoms with Crippen molar-refractivity contribution < 1.29 is 28.2 Å². The molecular formula is C29H30N6O6. The lowest BCUT2D eigenvalue weighted by atomic mass is 10.1. The Morgan fingerprint density at radius 3 is 2.66 bits per heavy atom. The number of nitrogens with one attached hydrogen (secondary N) is 1. The zero-order valence-electron chi connectivity index (χ0n) is 22.6. The number of fused-ring (bicyclic) bond motifs is 1. The maximum atomic E-state index is 14.0. The molecule has 1 fully saturated rings. The van der Waals surface area contributed by atoms with Gasteiger partial charge in [-0.1, -0.05) is 18.9 Å². The van der Waals surface area contributed by atoms with Gasteiger partial charge in [-0.05, 0) is 72.1 Å². The number of rotatable bonds is 10. The van der Waals surface area contributed by atoms with Crippen molar-refractivity contribution >= 4 is 11.8 Å². The minimum atomic E-state index is -1.01. The van der Waals surface area contributed by atoms with Crippen LogP contribution in [-0.2, 0) is 22.7 Å². The summed E-state index contributed by atoms with van der Waals surface area (Å²) in [5, 5.41) is 15.8.